The van der Waals surface area contributed by atoms with Gasteiger partial charge in [-0.1, -0.05) is 30.3 Å². The summed E-state index contributed by atoms with van der Waals surface area (Å²) in [7, 11) is 0. The molecule has 134 valence electrons. The summed E-state index contributed by atoms with van der Waals surface area (Å²) in [4.78, 5) is 29.4. The summed E-state index contributed by atoms with van der Waals surface area (Å²) in [5, 5.41) is 7.48. The molecule has 3 heterocycles. The van der Waals surface area contributed by atoms with Gasteiger partial charge in [0.15, 0.2) is 0 Å². The van der Waals surface area contributed by atoms with E-state index < -0.39 is 5.41 Å². The zero-order valence-corrected chi connectivity index (χ0v) is 14.7. The molecule has 1 aromatic heterocycles. The quantitative estimate of drug-likeness (QED) is 0.843. The van der Waals surface area contributed by atoms with E-state index in [1.54, 1.807) is 11.0 Å². The Morgan fingerprint density at radius 3 is 2.65 bits per heavy atom. The van der Waals surface area contributed by atoms with Crippen LogP contribution in [0.2, 0.25) is 0 Å². The number of likely N-dealkylation sites (tertiary alicyclic amines) is 2. The Hall–Kier alpha value is -2.76. The standard InChI is InChI=1S/C20H22N4O2/c25-18(17-6-10-21-22-14-17)24-13-9-20(15-24)8-12-23(19(20)26)11-7-16-4-2-1-3-5-16/h1-6,10,14H,7-9,11-13,15H2. The van der Waals surface area contributed by atoms with Crippen LogP contribution in [0.4, 0.5) is 0 Å². The molecule has 1 atom stereocenters. The van der Waals surface area contributed by atoms with Crippen LogP contribution in [-0.4, -0.2) is 58.0 Å². The van der Waals surface area contributed by atoms with Crippen molar-refractivity contribution in [2.24, 2.45) is 5.41 Å². The highest BCUT2D eigenvalue weighted by Crippen LogP contribution is 2.41. The van der Waals surface area contributed by atoms with E-state index >= 15 is 0 Å². The predicted molar refractivity (Wildman–Crippen MR) is 96.3 cm³/mol. The van der Waals surface area contributed by atoms with E-state index in [1.807, 2.05) is 23.1 Å². The Kier molecular flexibility index (Phi) is 4.41. The Morgan fingerprint density at radius 1 is 1.08 bits per heavy atom. The van der Waals surface area contributed by atoms with Gasteiger partial charge in [-0.2, -0.15) is 10.2 Å². The highest BCUT2D eigenvalue weighted by molar-refractivity contribution is 5.95. The molecule has 1 spiro atoms. The van der Waals surface area contributed by atoms with E-state index in [0.717, 1.165) is 32.4 Å². The fraction of sp³-hybridized carbons (Fsp3) is 0.400. The van der Waals surface area contributed by atoms with Crippen molar-refractivity contribution in [2.75, 3.05) is 26.2 Å². The molecular formula is C20H22N4O2. The third-order valence-electron chi connectivity index (χ3n) is 5.59. The lowest BCUT2D eigenvalue weighted by atomic mass is 9.85. The maximum Gasteiger partial charge on any atom is 0.255 e. The van der Waals surface area contributed by atoms with Gasteiger partial charge in [-0.15, -0.1) is 0 Å². The Balaban J connectivity index is 1.39. The number of aromatic nitrogens is 2. The van der Waals surface area contributed by atoms with Crippen LogP contribution in [-0.2, 0) is 11.2 Å². The molecule has 0 N–H and O–H groups in total. The van der Waals surface area contributed by atoms with Gasteiger partial charge in [0, 0.05) is 26.2 Å². The molecule has 0 radical (unpaired) electrons. The fourth-order valence-electron chi connectivity index (χ4n) is 4.04. The molecule has 2 aliphatic rings. The Bertz CT molecular complexity index is 796. The molecule has 1 aromatic carbocycles. The second-order valence-electron chi connectivity index (χ2n) is 7.17. The molecule has 6 nitrogen and oxygen atoms in total. The third-order valence-corrected chi connectivity index (χ3v) is 5.59. The van der Waals surface area contributed by atoms with E-state index in [0.29, 0.717) is 18.7 Å². The zero-order chi connectivity index (χ0) is 18.0. The van der Waals surface area contributed by atoms with Gasteiger partial charge in [0.05, 0.1) is 23.4 Å². The van der Waals surface area contributed by atoms with E-state index in [2.05, 4.69) is 22.3 Å². The molecule has 0 aliphatic carbocycles. The van der Waals surface area contributed by atoms with Gasteiger partial charge >= 0.3 is 0 Å². The first-order valence-electron chi connectivity index (χ1n) is 9.07. The highest BCUT2D eigenvalue weighted by atomic mass is 16.2. The lowest BCUT2D eigenvalue weighted by Gasteiger charge is -2.23. The van der Waals surface area contributed by atoms with Crippen LogP contribution in [0.25, 0.3) is 0 Å². The Labute approximate surface area is 152 Å². The molecule has 2 aromatic rings. The largest absolute Gasteiger partial charge is 0.342 e. The van der Waals surface area contributed by atoms with Crippen molar-refractivity contribution in [3.8, 4) is 0 Å². The SMILES string of the molecule is O=C(c1ccnnc1)N1CCC2(CCN(CCc3ccccc3)C2=O)C1. The second-order valence-corrected chi connectivity index (χ2v) is 7.17. The lowest BCUT2D eigenvalue weighted by molar-refractivity contribution is -0.135. The van der Waals surface area contributed by atoms with Crippen molar-refractivity contribution < 1.29 is 9.59 Å². The molecular weight excluding hydrogens is 328 g/mol. The van der Waals surface area contributed by atoms with Crippen molar-refractivity contribution in [3.05, 3.63) is 59.9 Å². The van der Waals surface area contributed by atoms with Crippen molar-refractivity contribution in [1.29, 1.82) is 0 Å². The second kappa shape index (κ2) is 6.86. The first-order chi connectivity index (χ1) is 12.7. The molecule has 2 amide bonds. The fourth-order valence-corrected chi connectivity index (χ4v) is 4.04. The monoisotopic (exact) mass is 350 g/mol. The van der Waals surface area contributed by atoms with Gasteiger partial charge < -0.3 is 9.80 Å². The summed E-state index contributed by atoms with van der Waals surface area (Å²) in [6, 6.07) is 11.9. The summed E-state index contributed by atoms with van der Waals surface area (Å²) in [5.74, 6) is 0.142. The van der Waals surface area contributed by atoms with Crippen LogP contribution >= 0.6 is 0 Å². The number of hydrogen-bond donors (Lipinski definition) is 0. The molecule has 6 heteroatoms. The number of carbonyl (C=O) groups is 2. The van der Waals surface area contributed by atoms with Crippen LogP contribution in [0, 0.1) is 5.41 Å². The Morgan fingerprint density at radius 2 is 1.88 bits per heavy atom. The van der Waals surface area contributed by atoms with Gasteiger partial charge in [-0.25, -0.2) is 0 Å². The van der Waals surface area contributed by atoms with Gasteiger partial charge in [-0.3, -0.25) is 9.59 Å². The highest BCUT2D eigenvalue weighted by Gasteiger charge is 2.51. The van der Waals surface area contributed by atoms with E-state index in [-0.39, 0.29) is 11.8 Å². The first-order valence-corrected chi connectivity index (χ1v) is 9.07. The van der Waals surface area contributed by atoms with Crippen LogP contribution < -0.4 is 0 Å². The van der Waals surface area contributed by atoms with Gasteiger partial charge in [0.25, 0.3) is 5.91 Å². The number of carbonyl (C=O) groups excluding carboxylic acids is 2. The molecule has 4 rings (SSSR count). The minimum atomic E-state index is -0.396. The smallest absolute Gasteiger partial charge is 0.255 e. The van der Waals surface area contributed by atoms with Crippen LogP contribution in [0.5, 0.6) is 0 Å². The summed E-state index contributed by atoms with van der Waals surface area (Å²) in [5.41, 5.74) is 1.38. The predicted octanol–water partition coefficient (Wildman–Crippen LogP) is 1.78. The van der Waals surface area contributed by atoms with Crippen molar-refractivity contribution in [3.63, 3.8) is 0 Å². The zero-order valence-electron chi connectivity index (χ0n) is 14.7. The van der Waals surface area contributed by atoms with Crippen LogP contribution in [0.3, 0.4) is 0 Å². The summed E-state index contributed by atoms with van der Waals surface area (Å²) >= 11 is 0. The van der Waals surface area contributed by atoms with Gasteiger partial charge in [0.1, 0.15) is 0 Å². The third kappa shape index (κ3) is 3.07. The average Bonchev–Trinajstić information content (AvgIpc) is 3.26. The number of benzene rings is 1. The van der Waals surface area contributed by atoms with Crippen molar-refractivity contribution in [1.82, 2.24) is 20.0 Å². The molecule has 1 unspecified atom stereocenters. The molecule has 26 heavy (non-hydrogen) atoms. The molecule has 0 bridgehead atoms. The van der Waals surface area contributed by atoms with E-state index in [1.165, 1.54) is 18.0 Å². The maximum absolute atomic E-state index is 13.0. The summed E-state index contributed by atoms with van der Waals surface area (Å²) in [6.45, 7) is 2.66. The topological polar surface area (TPSA) is 66.4 Å². The lowest BCUT2D eigenvalue weighted by Crippen LogP contribution is -2.39. The normalized spacial score (nSPS) is 22.4. The molecule has 2 aliphatic heterocycles. The van der Waals surface area contributed by atoms with Gasteiger partial charge in [-0.05, 0) is 30.9 Å². The average molecular weight is 350 g/mol. The number of amides is 2. The summed E-state index contributed by atoms with van der Waals surface area (Å²) in [6.07, 6.45) is 5.45. The summed E-state index contributed by atoms with van der Waals surface area (Å²) < 4.78 is 0. The van der Waals surface area contributed by atoms with Crippen molar-refractivity contribution in [2.45, 2.75) is 19.3 Å². The molecule has 0 saturated carbocycles. The maximum atomic E-state index is 13.0. The van der Waals surface area contributed by atoms with E-state index in [4.69, 9.17) is 0 Å². The minimum Gasteiger partial charge on any atom is -0.342 e. The number of rotatable bonds is 4. The van der Waals surface area contributed by atoms with E-state index in [9.17, 15) is 9.59 Å². The first kappa shape index (κ1) is 16.7. The molecule has 2 saturated heterocycles. The van der Waals surface area contributed by atoms with Crippen molar-refractivity contribution >= 4 is 11.8 Å². The van der Waals surface area contributed by atoms with Crippen LogP contribution in [0.15, 0.2) is 48.8 Å². The minimum absolute atomic E-state index is 0.0627. The molecule has 2 fully saturated rings. The number of hydrogen-bond acceptors (Lipinski definition) is 4. The van der Waals surface area contributed by atoms with Crippen LogP contribution in [0.1, 0.15) is 28.8 Å². The number of nitrogens with zero attached hydrogens (tertiary/aromatic N) is 4. The van der Waals surface area contributed by atoms with Gasteiger partial charge in [0.2, 0.25) is 5.91 Å².